The maximum atomic E-state index is 12.9. The second-order valence-electron chi connectivity index (χ2n) is 5.66. The molecule has 0 saturated carbocycles. The minimum Gasteiger partial charge on any atom is -0.399 e. The van der Waals surface area contributed by atoms with Gasteiger partial charge in [0.2, 0.25) is 0 Å². The zero-order valence-electron chi connectivity index (χ0n) is 14.1. The lowest BCUT2D eigenvalue weighted by atomic mass is 10.2. The van der Waals surface area contributed by atoms with E-state index in [-0.39, 0.29) is 30.3 Å². The maximum absolute atomic E-state index is 12.9. The number of hydrogen-bond acceptors (Lipinski definition) is 8. The predicted octanol–water partition coefficient (Wildman–Crippen LogP) is 0.0240. The molecule has 0 fully saturated rings. The van der Waals surface area contributed by atoms with Crippen molar-refractivity contribution >= 4 is 48.3 Å². The number of benzene rings is 2. The van der Waals surface area contributed by atoms with Crippen LogP contribution in [0.4, 0.5) is 5.69 Å². The standard InChI is InChI=1S/C15H12ClN3O7S2/c1-27(22,23)26-18-13-7-9(16)5-6-12(13)14(20)19(15(18)21)28(24,25)11-4-2-3-10(17)8-11/h2-8H,17H2,1H3. The molecule has 0 aliphatic carbocycles. The van der Waals surface area contributed by atoms with Crippen molar-refractivity contribution in [3.63, 3.8) is 0 Å². The van der Waals surface area contributed by atoms with E-state index in [1.165, 1.54) is 18.2 Å². The Morgan fingerprint density at radius 1 is 1.04 bits per heavy atom. The van der Waals surface area contributed by atoms with Crippen molar-refractivity contribution < 1.29 is 21.1 Å². The lowest BCUT2D eigenvalue weighted by Crippen LogP contribution is -2.46. The van der Waals surface area contributed by atoms with Crippen LogP contribution in [0, 0.1) is 0 Å². The monoisotopic (exact) mass is 445 g/mol. The Bertz CT molecular complexity index is 1440. The normalized spacial score (nSPS) is 12.2. The zero-order chi connectivity index (χ0) is 20.9. The molecular formula is C15H12ClN3O7S2. The van der Waals surface area contributed by atoms with Crippen LogP contribution < -0.4 is 21.3 Å². The number of rotatable bonds is 4. The number of hydrogen-bond donors (Lipinski definition) is 1. The molecule has 0 amide bonds. The summed E-state index contributed by atoms with van der Waals surface area (Å²) in [6.45, 7) is 0. The summed E-state index contributed by atoms with van der Waals surface area (Å²) < 4.78 is 53.7. The number of nitrogen functional groups attached to an aromatic ring is 1. The van der Waals surface area contributed by atoms with Crippen LogP contribution in [0.3, 0.4) is 0 Å². The van der Waals surface area contributed by atoms with Gasteiger partial charge >= 0.3 is 15.8 Å². The van der Waals surface area contributed by atoms with Crippen molar-refractivity contribution in [1.29, 1.82) is 0 Å². The van der Waals surface area contributed by atoms with Gasteiger partial charge in [0.05, 0.1) is 16.5 Å². The number of nitrogens with two attached hydrogens (primary N) is 1. The summed E-state index contributed by atoms with van der Waals surface area (Å²) >= 11 is 5.85. The SMILES string of the molecule is CS(=O)(=O)On1c(=O)n(S(=O)(=O)c2cccc(N)c2)c(=O)c2ccc(Cl)cc21. The molecular weight excluding hydrogens is 434 g/mol. The van der Waals surface area contributed by atoms with Gasteiger partial charge in [-0.05, 0) is 36.4 Å². The first-order valence-electron chi connectivity index (χ1n) is 7.40. The van der Waals surface area contributed by atoms with Crippen LogP contribution in [-0.4, -0.2) is 31.8 Å². The molecule has 0 aliphatic rings. The minimum absolute atomic E-state index is 0.0635. The second kappa shape index (κ2) is 6.65. The Morgan fingerprint density at radius 3 is 2.32 bits per heavy atom. The van der Waals surface area contributed by atoms with Gasteiger partial charge in [-0.25, -0.2) is 13.2 Å². The van der Waals surface area contributed by atoms with Gasteiger partial charge in [-0.2, -0.15) is 8.42 Å². The van der Waals surface area contributed by atoms with Gasteiger partial charge < -0.3 is 5.73 Å². The quantitative estimate of drug-likeness (QED) is 0.553. The summed E-state index contributed by atoms with van der Waals surface area (Å²) in [5.41, 5.74) is 2.59. The Kier molecular flexibility index (Phi) is 4.73. The molecule has 3 aromatic rings. The third-order valence-corrected chi connectivity index (χ3v) is 5.85. The van der Waals surface area contributed by atoms with Gasteiger partial charge in [0.25, 0.3) is 15.6 Å². The molecule has 0 unspecified atom stereocenters. The number of aromatic nitrogens is 2. The lowest BCUT2D eigenvalue weighted by Gasteiger charge is -2.13. The van der Waals surface area contributed by atoms with E-state index in [9.17, 15) is 26.4 Å². The number of anilines is 1. The molecule has 0 spiro atoms. The van der Waals surface area contributed by atoms with Gasteiger partial charge in [-0.3, -0.25) is 9.08 Å². The van der Waals surface area contributed by atoms with Crippen LogP contribution in [0.2, 0.25) is 5.02 Å². The summed E-state index contributed by atoms with van der Waals surface area (Å²) in [5, 5.41) is -0.242. The topological polar surface area (TPSA) is 148 Å². The van der Waals surface area contributed by atoms with E-state index in [1.54, 1.807) is 0 Å². The van der Waals surface area contributed by atoms with Crippen LogP contribution in [-0.2, 0) is 20.1 Å². The van der Waals surface area contributed by atoms with E-state index < -0.39 is 36.3 Å². The molecule has 0 saturated heterocycles. The van der Waals surface area contributed by atoms with E-state index in [4.69, 9.17) is 17.3 Å². The molecule has 3 rings (SSSR count). The van der Waals surface area contributed by atoms with Crippen LogP contribution in [0.5, 0.6) is 0 Å². The summed E-state index contributed by atoms with van der Waals surface area (Å²) in [6, 6.07) is 8.43. The van der Waals surface area contributed by atoms with Crippen LogP contribution in [0.25, 0.3) is 10.9 Å². The highest BCUT2D eigenvalue weighted by Gasteiger charge is 2.27. The number of nitrogens with zero attached hydrogens (tertiary/aromatic N) is 2. The molecule has 0 bridgehead atoms. The fourth-order valence-electron chi connectivity index (χ4n) is 2.44. The molecule has 1 heterocycles. The van der Waals surface area contributed by atoms with Gasteiger partial charge in [0.15, 0.2) is 0 Å². The Labute approximate surface area is 163 Å². The molecule has 2 N–H and O–H groups in total. The molecule has 28 heavy (non-hydrogen) atoms. The fraction of sp³-hybridized carbons (Fsp3) is 0.0667. The fourth-order valence-corrected chi connectivity index (χ4v) is 4.36. The molecule has 0 radical (unpaired) electrons. The van der Waals surface area contributed by atoms with E-state index >= 15 is 0 Å². The Balaban J connectivity index is 2.50. The van der Waals surface area contributed by atoms with E-state index in [2.05, 4.69) is 4.28 Å². The first-order chi connectivity index (χ1) is 12.9. The number of halogens is 1. The van der Waals surface area contributed by atoms with Crippen molar-refractivity contribution in [3.05, 3.63) is 68.3 Å². The largest absolute Gasteiger partial charge is 0.399 e. The van der Waals surface area contributed by atoms with Crippen LogP contribution >= 0.6 is 11.6 Å². The Morgan fingerprint density at radius 2 is 1.71 bits per heavy atom. The predicted molar refractivity (Wildman–Crippen MR) is 102 cm³/mol. The van der Waals surface area contributed by atoms with Gasteiger partial charge in [0, 0.05) is 10.7 Å². The Hall–Kier alpha value is -2.83. The molecule has 0 aliphatic heterocycles. The summed E-state index contributed by atoms with van der Waals surface area (Å²) in [4.78, 5) is 25.1. The summed E-state index contributed by atoms with van der Waals surface area (Å²) in [5.74, 6) is 0. The first-order valence-corrected chi connectivity index (χ1v) is 11.0. The highest BCUT2D eigenvalue weighted by molar-refractivity contribution is 7.90. The summed E-state index contributed by atoms with van der Waals surface area (Å²) in [7, 11) is -8.98. The second-order valence-corrected chi connectivity index (χ2v) is 9.44. The maximum Gasteiger partial charge on any atom is 0.380 e. The third kappa shape index (κ3) is 3.48. The van der Waals surface area contributed by atoms with Crippen molar-refractivity contribution in [3.8, 4) is 0 Å². The first kappa shape index (κ1) is 19.9. The van der Waals surface area contributed by atoms with Gasteiger partial charge in [0.1, 0.15) is 5.52 Å². The minimum atomic E-state index is -4.72. The van der Waals surface area contributed by atoms with Crippen LogP contribution in [0.1, 0.15) is 0 Å². The number of fused-ring (bicyclic) bond motifs is 1. The highest BCUT2D eigenvalue weighted by Crippen LogP contribution is 2.18. The zero-order valence-corrected chi connectivity index (χ0v) is 16.5. The molecule has 148 valence electrons. The van der Waals surface area contributed by atoms with E-state index in [1.807, 2.05) is 0 Å². The third-order valence-electron chi connectivity index (χ3n) is 3.55. The van der Waals surface area contributed by atoms with Crippen molar-refractivity contribution in [2.75, 3.05) is 12.0 Å². The molecule has 1 aromatic heterocycles. The lowest BCUT2D eigenvalue weighted by molar-refractivity contribution is 0.275. The average Bonchev–Trinajstić information content (AvgIpc) is 2.57. The smallest absolute Gasteiger partial charge is 0.380 e. The molecule has 10 nitrogen and oxygen atoms in total. The molecule has 0 atom stereocenters. The van der Waals surface area contributed by atoms with Crippen LogP contribution in [0.15, 0.2) is 56.9 Å². The molecule has 13 heteroatoms. The van der Waals surface area contributed by atoms with E-state index in [0.29, 0.717) is 6.26 Å². The highest BCUT2D eigenvalue weighted by atomic mass is 35.5. The van der Waals surface area contributed by atoms with Crippen molar-refractivity contribution in [2.24, 2.45) is 0 Å². The van der Waals surface area contributed by atoms with Crippen molar-refractivity contribution in [1.82, 2.24) is 8.70 Å². The van der Waals surface area contributed by atoms with E-state index in [0.717, 1.165) is 24.3 Å². The average molecular weight is 446 g/mol. The molecule has 2 aromatic carbocycles. The van der Waals surface area contributed by atoms with Gasteiger partial charge in [-0.15, -0.1) is 8.70 Å². The summed E-state index contributed by atoms with van der Waals surface area (Å²) in [6.07, 6.45) is 0.650. The van der Waals surface area contributed by atoms with Gasteiger partial charge in [-0.1, -0.05) is 17.7 Å². The van der Waals surface area contributed by atoms with Crippen molar-refractivity contribution in [2.45, 2.75) is 4.90 Å².